The van der Waals surface area contributed by atoms with E-state index in [1.165, 1.54) is 4.88 Å². The van der Waals surface area contributed by atoms with Gasteiger partial charge in [-0.15, -0.1) is 11.3 Å². The SMILES string of the molecule is Cc1c(Cl)cccc1NC(=O)C(C)n1c(CN(C)C)nc2sc3c(c2c1=O)CCCC3. The second-order valence-corrected chi connectivity index (χ2v) is 9.90. The van der Waals surface area contributed by atoms with E-state index in [2.05, 4.69) is 5.32 Å². The molecule has 1 aliphatic rings. The fourth-order valence-corrected chi connectivity index (χ4v) is 5.60. The maximum atomic E-state index is 13.7. The number of hydrogen-bond donors (Lipinski definition) is 1. The highest BCUT2D eigenvalue weighted by Crippen LogP contribution is 2.34. The minimum absolute atomic E-state index is 0.119. The molecule has 0 saturated carbocycles. The summed E-state index contributed by atoms with van der Waals surface area (Å²) in [7, 11) is 3.86. The summed E-state index contributed by atoms with van der Waals surface area (Å²) in [6.45, 7) is 4.08. The monoisotopic (exact) mass is 458 g/mol. The Morgan fingerprint density at radius 3 is 2.81 bits per heavy atom. The highest BCUT2D eigenvalue weighted by molar-refractivity contribution is 7.18. The zero-order valence-electron chi connectivity index (χ0n) is 18.3. The Hall–Kier alpha value is -2.22. The zero-order chi connectivity index (χ0) is 22.3. The van der Waals surface area contributed by atoms with Crippen molar-refractivity contribution in [2.45, 2.75) is 52.1 Å². The molecule has 8 heteroatoms. The average molecular weight is 459 g/mol. The lowest BCUT2D eigenvalue weighted by Gasteiger charge is -2.21. The lowest BCUT2D eigenvalue weighted by atomic mass is 9.97. The summed E-state index contributed by atoms with van der Waals surface area (Å²) in [6, 6.07) is 4.68. The van der Waals surface area contributed by atoms with Gasteiger partial charge in [-0.1, -0.05) is 17.7 Å². The molecule has 1 aliphatic carbocycles. The standard InChI is InChI=1S/C23H27ClN4O2S/c1-13-16(24)9-7-10-17(13)25-21(29)14(2)28-19(12-27(3)4)26-22-20(23(28)30)15-8-5-6-11-18(15)31-22/h7,9-10,14H,5-6,8,11-12H2,1-4H3,(H,25,29). The molecule has 0 fully saturated rings. The summed E-state index contributed by atoms with van der Waals surface area (Å²) < 4.78 is 1.57. The third-order valence-electron chi connectivity index (χ3n) is 5.84. The van der Waals surface area contributed by atoms with Crippen LogP contribution in [0.2, 0.25) is 5.02 Å². The second-order valence-electron chi connectivity index (χ2n) is 8.41. The largest absolute Gasteiger partial charge is 0.324 e. The summed E-state index contributed by atoms with van der Waals surface area (Å²) in [4.78, 5) is 35.8. The van der Waals surface area contributed by atoms with E-state index in [9.17, 15) is 9.59 Å². The number of benzene rings is 1. The molecule has 1 atom stereocenters. The van der Waals surface area contributed by atoms with E-state index in [-0.39, 0.29) is 11.5 Å². The van der Waals surface area contributed by atoms with E-state index < -0.39 is 6.04 Å². The second kappa shape index (κ2) is 8.73. The van der Waals surface area contributed by atoms with E-state index >= 15 is 0 Å². The number of hydrogen-bond acceptors (Lipinski definition) is 5. The van der Waals surface area contributed by atoms with E-state index in [4.69, 9.17) is 16.6 Å². The molecule has 1 aromatic carbocycles. The minimum Gasteiger partial charge on any atom is -0.324 e. The minimum atomic E-state index is -0.711. The van der Waals surface area contributed by atoms with Crippen LogP contribution in [0.15, 0.2) is 23.0 Å². The van der Waals surface area contributed by atoms with Crippen LogP contribution in [0, 0.1) is 6.92 Å². The third kappa shape index (κ3) is 4.14. The van der Waals surface area contributed by atoms with Gasteiger partial charge in [0.05, 0.1) is 11.9 Å². The maximum absolute atomic E-state index is 13.7. The quantitative estimate of drug-likeness (QED) is 0.608. The van der Waals surface area contributed by atoms with Crippen LogP contribution in [0.5, 0.6) is 0 Å². The lowest BCUT2D eigenvalue weighted by molar-refractivity contribution is -0.119. The van der Waals surface area contributed by atoms with E-state index in [1.807, 2.05) is 32.0 Å². The number of halogens is 1. The van der Waals surface area contributed by atoms with E-state index in [0.717, 1.165) is 41.6 Å². The molecular weight excluding hydrogens is 432 g/mol. The topological polar surface area (TPSA) is 67.2 Å². The smallest absolute Gasteiger partial charge is 0.263 e. The molecule has 164 valence electrons. The molecule has 1 N–H and O–H groups in total. The molecule has 6 nitrogen and oxygen atoms in total. The zero-order valence-corrected chi connectivity index (χ0v) is 19.9. The van der Waals surface area contributed by atoms with E-state index in [1.54, 1.807) is 35.0 Å². The Morgan fingerprint density at radius 2 is 2.06 bits per heavy atom. The number of thiophene rings is 1. The molecule has 1 amide bonds. The molecule has 4 rings (SSSR count). The van der Waals surface area contributed by atoms with Gasteiger partial charge in [0.2, 0.25) is 5.91 Å². The van der Waals surface area contributed by atoms with Crippen LogP contribution in [-0.2, 0) is 24.2 Å². The average Bonchev–Trinajstić information content (AvgIpc) is 3.09. The summed E-state index contributed by atoms with van der Waals surface area (Å²) >= 11 is 7.83. The van der Waals surface area contributed by atoms with Gasteiger partial charge in [-0.25, -0.2) is 4.98 Å². The van der Waals surface area contributed by atoms with Crippen LogP contribution in [0.4, 0.5) is 5.69 Å². The van der Waals surface area contributed by atoms with Crippen molar-refractivity contribution in [1.82, 2.24) is 14.5 Å². The first-order valence-corrected chi connectivity index (χ1v) is 11.7. The maximum Gasteiger partial charge on any atom is 0.263 e. The molecule has 0 saturated heterocycles. The predicted octanol–water partition coefficient (Wildman–Crippen LogP) is 4.56. The molecule has 31 heavy (non-hydrogen) atoms. The highest BCUT2D eigenvalue weighted by Gasteiger charge is 2.26. The van der Waals surface area contributed by atoms with Crippen LogP contribution < -0.4 is 10.9 Å². The number of nitrogens with zero attached hydrogens (tertiary/aromatic N) is 3. The first-order valence-electron chi connectivity index (χ1n) is 10.5. The molecule has 0 bridgehead atoms. The van der Waals surface area contributed by atoms with Gasteiger partial charge < -0.3 is 10.2 Å². The van der Waals surface area contributed by atoms with Crippen molar-refractivity contribution in [2.75, 3.05) is 19.4 Å². The highest BCUT2D eigenvalue weighted by atomic mass is 35.5. The summed E-state index contributed by atoms with van der Waals surface area (Å²) in [5.41, 5.74) is 2.46. The lowest BCUT2D eigenvalue weighted by Crippen LogP contribution is -2.36. The normalized spacial score (nSPS) is 14.6. The molecule has 3 aromatic rings. The number of fused-ring (bicyclic) bond motifs is 3. The van der Waals surface area contributed by atoms with Gasteiger partial charge in [0.25, 0.3) is 5.56 Å². The van der Waals surface area contributed by atoms with Crippen molar-refractivity contribution in [3.63, 3.8) is 0 Å². The number of aromatic nitrogens is 2. The third-order valence-corrected chi connectivity index (χ3v) is 7.44. The van der Waals surface area contributed by atoms with Gasteiger partial charge in [-0.2, -0.15) is 0 Å². The molecule has 2 aromatic heterocycles. The number of anilines is 1. The number of amides is 1. The molecule has 2 heterocycles. The molecule has 0 spiro atoms. The Labute approximate surface area is 190 Å². The van der Waals surface area contributed by atoms with Crippen molar-refractivity contribution in [2.24, 2.45) is 0 Å². The summed E-state index contributed by atoms with van der Waals surface area (Å²) in [5, 5.41) is 4.22. The van der Waals surface area contributed by atoms with Crippen LogP contribution in [0.1, 0.15) is 47.6 Å². The summed E-state index contributed by atoms with van der Waals surface area (Å²) in [5.74, 6) is 0.337. The van der Waals surface area contributed by atoms with Crippen LogP contribution >= 0.6 is 22.9 Å². The van der Waals surface area contributed by atoms with Crippen molar-refractivity contribution >= 4 is 44.7 Å². The Kier molecular flexibility index (Phi) is 6.19. The first-order chi connectivity index (χ1) is 14.8. The van der Waals surface area contributed by atoms with Gasteiger partial charge in [-0.3, -0.25) is 14.2 Å². The van der Waals surface area contributed by atoms with E-state index in [0.29, 0.717) is 28.5 Å². The Balaban J connectivity index is 1.80. The van der Waals surface area contributed by atoms with Gasteiger partial charge in [-0.05, 0) is 76.9 Å². The van der Waals surface area contributed by atoms with Gasteiger partial charge in [0.15, 0.2) is 0 Å². The Morgan fingerprint density at radius 1 is 1.32 bits per heavy atom. The van der Waals surface area contributed by atoms with Crippen LogP contribution in [-0.4, -0.2) is 34.5 Å². The number of carbonyl (C=O) groups is 1. The van der Waals surface area contributed by atoms with Crippen LogP contribution in [0.25, 0.3) is 10.2 Å². The van der Waals surface area contributed by atoms with Crippen molar-refractivity contribution in [3.05, 3.63) is 55.4 Å². The van der Waals surface area contributed by atoms with Crippen molar-refractivity contribution in [1.29, 1.82) is 0 Å². The van der Waals surface area contributed by atoms with Crippen molar-refractivity contribution < 1.29 is 4.79 Å². The molecule has 1 unspecified atom stereocenters. The molecule has 0 radical (unpaired) electrons. The van der Waals surface area contributed by atoms with Gasteiger partial charge in [0.1, 0.15) is 16.7 Å². The van der Waals surface area contributed by atoms with Crippen molar-refractivity contribution in [3.8, 4) is 0 Å². The number of carbonyl (C=O) groups excluding carboxylic acids is 1. The number of aryl methyl sites for hydroxylation is 2. The summed E-state index contributed by atoms with van der Waals surface area (Å²) in [6.07, 6.45) is 4.14. The number of nitrogens with one attached hydrogen (secondary N) is 1. The number of rotatable bonds is 5. The Bertz CT molecular complexity index is 1210. The van der Waals surface area contributed by atoms with Crippen LogP contribution in [0.3, 0.4) is 0 Å². The first kappa shape index (κ1) is 22.0. The fourth-order valence-electron chi connectivity index (χ4n) is 4.15. The molecule has 0 aliphatic heterocycles. The van der Waals surface area contributed by atoms with Gasteiger partial charge in [0, 0.05) is 15.6 Å². The molecular formula is C23H27ClN4O2S. The fraction of sp³-hybridized carbons (Fsp3) is 0.435. The predicted molar refractivity (Wildman–Crippen MR) is 127 cm³/mol. The van der Waals surface area contributed by atoms with Gasteiger partial charge >= 0.3 is 0 Å².